The van der Waals surface area contributed by atoms with Crippen LogP contribution in [0.5, 0.6) is 0 Å². The van der Waals surface area contributed by atoms with Crippen molar-refractivity contribution in [1.82, 2.24) is 5.32 Å². The molecule has 0 saturated carbocycles. The van der Waals surface area contributed by atoms with Crippen molar-refractivity contribution in [1.29, 1.82) is 0 Å². The molecule has 3 N–H and O–H groups in total. The van der Waals surface area contributed by atoms with Crippen molar-refractivity contribution >= 4 is 39.1 Å². The Balaban J connectivity index is 1.93. The molecule has 3 aromatic carbocycles. The van der Waals surface area contributed by atoms with Crippen molar-refractivity contribution in [2.75, 3.05) is 17.6 Å². The molecule has 7 nitrogen and oxygen atoms in total. The zero-order valence-electron chi connectivity index (χ0n) is 18.2. The van der Waals surface area contributed by atoms with E-state index in [-0.39, 0.29) is 12.5 Å². The second-order valence-electron chi connectivity index (χ2n) is 7.49. The summed E-state index contributed by atoms with van der Waals surface area (Å²) in [6.45, 7) is 0.0675. The number of hydrogen-bond donors (Lipinski definition) is 2. The molecule has 0 radical (unpaired) electrons. The number of hydrogen-bond acceptors (Lipinski definition) is 4. The average Bonchev–Trinajstić information content (AvgIpc) is 2.78. The monoisotopic (exact) mass is 485 g/mol. The molecule has 3 aromatic rings. The fourth-order valence-electron chi connectivity index (χ4n) is 3.51. The van der Waals surface area contributed by atoms with Crippen LogP contribution >= 0.6 is 11.6 Å². The molecule has 0 aromatic heterocycles. The Bertz CT molecular complexity index is 1260. The Morgan fingerprint density at radius 3 is 2.00 bits per heavy atom. The highest BCUT2D eigenvalue weighted by Gasteiger charge is 2.23. The number of rotatable bonds is 8. The Kier molecular flexibility index (Phi) is 7.40. The van der Waals surface area contributed by atoms with Crippen LogP contribution in [-0.2, 0) is 21.4 Å². The molecule has 0 saturated heterocycles. The van der Waals surface area contributed by atoms with E-state index < -0.39 is 21.8 Å². The van der Waals surface area contributed by atoms with Crippen LogP contribution in [0.15, 0.2) is 72.8 Å². The van der Waals surface area contributed by atoms with Crippen LogP contribution in [0, 0.1) is 0 Å². The molecule has 0 spiro atoms. The SMILES string of the molecule is CNC(=O)c1ccc(C(C(N)=O)c2ccc(N(Cc3ccccc3Cl)S(C)(=O)=O)cc2)cc1. The third-order valence-electron chi connectivity index (χ3n) is 5.20. The van der Waals surface area contributed by atoms with E-state index in [4.69, 9.17) is 17.3 Å². The summed E-state index contributed by atoms with van der Waals surface area (Å²) in [5.74, 6) is -1.56. The molecule has 0 bridgehead atoms. The standard InChI is InChI=1S/C24H24ClN3O4S/c1-27-24(30)18-9-7-16(8-10-18)22(23(26)29)17-11-13-20(14-12-17)28(33(2,31)32)15-19-5-3-4-6-21(19)25/h3-14,22H,15H2,1-2H3,(H2,26,29)(H,27,30). The fraction of sp³-hybridized carbons (Fsp3) is 0.167. The highest BCUT2D eigenvalue weighted by Crippen LogP contribution is 2.29. The number of sulfonamides is 1. The van der Waals surface area contributed by atoms with E-state index in [0.29, 0.717) is 33.0 Å². The fourth-order valence-corrected chi connectivity index (χ4v) is 4.58. The molecule has 1 unspecified atom stereocenters. The van der Waals surface area contributed by atoms with Gasteiger partial charge in [0.15, 0.2) is 0 Å². The van der Waals surface area contributed by atoms with Crippen LogP contribution in [0.3, 0.4) is 0 Å². The van der Waals surface area contributed by atoms with Gasteiger partial charge >= 0.3 is 0 Å². The molecule has 172 valence electrons. The van der Waals surface area contributed by atoms with Crippen molar-refractivity contribution in [2.24, 2.45) is 5.73 Å². The molecule has 0 fully saturated rings. The van der Waals surface area contributed by atoms with Gasteiger partial charge in [-0.2, -0.15) is 0 Å². The van der Waals surface area contributed by atoms with Crippen LogP contribution in [0.1, 0.15) is 33.0 Å². The maximum atomic E-state index is 12.5. The zero-order chi connectivity index (χ0) is 24.2. The summed E-state index contributed by atoms with van der Waals surface area (Å²) in [6, 6.07) is 20.2. The topological polar surface area (TPSA) is 110 Å². The lowest BCUT2D eigenvalue weighted by molar-refractivity contribution is -0.118. The lowest BCUT2D eigenvalue weighted by atomic mass is 9.90. The van der Waals surface area contributed by atoms with Crippen LogP contribution in [0.25, 0.3) is 0 Å². The molecule has 9 heteroatoms. The summed E-state index contributed by atoms with van der Waals surface area (Å²) in [5, 5.41) is 3.01. The second kappa shape index (κ2) is 10.1. The summed E-state index contributed by atoms with van der Waals surface area (Å²) >= 11 is 6.22. The van der Waals surface area contributed by atoms with Crippen molar-refractivity contribution in [3.8, 4) is 0 Å². The van der Waals surface area contributed by atoms with Crippen molar-refractivity contribution in [2.45, 2.75) is 12.5 Å². The largest absolute Gasteiger partial charge is 0.369 e. The van der Waals surface area contributed by atoms with Crippen LogP contribution in [-0.4, -0.2) is 33.5 Å². The number of halogens is 1. The number of anilines is 1. The number of amides is 2. The lowest BCUT2D eigenvalue weighted by Crippen LogP contribution is -2.29. The van der Waals surface area contributed by atoms with Gasteiger partial charge in [0.1, 0.15) is 0 Å². The molecule has 33 heavy (non-hydrogen) atoms. The summed E-state index contributed by atoms with van der Waals surface area (Å²) < 4.78 is 26.2. The Labute approximate surface area is 198 Å². The third-order valence-corrected chi connectivity index (χ3v) is 6.71. The lowest BCUT2D eigenvalue weighted by Gasteiger charge is -2.24. The van der Waals surface area contributed by atoms with E-state index in [9.17, 15) is 18.0 Å². The number of carbonyl (C=O) groups is 2. The molecule has 3 rings (SSSR count). The van der Waals surface area contributed by atoms with Gasteiger partial charge < -0.3 is 11.1 Å². The maximum absolute atomic E-state index is 12.5. The molecule has 2 amide bonds. The van der Waals surface area contributed by atoms with Gasteiger partial charge in [0.2, 0.25) is 15.9 Å². The number of nitrogens with zero attached hydrogens (tertiary/aromatic N) is 1. The second-order valence-corrected chi connectivity index (χ2v) is 9.80. The highest BCUT2D eigenvalue weighted by atomic mass is 35.5. The van der Waals surface area contributed by atoms with Gasteiger partial charge in [0.25, 0.3) is 5.91 Å². The van der Waals surface area contributed by atoms with Gasteiger partial charge in [-0.3, -0.25) is 13.9 Å². The first-order valence-electron chi connectivity index (χ1n) is 10.0. The third kappa shape index (κ3) is 5.71. The summed E-state index contributed by atoms with van der Waals surface area (Å²) in [5.41, 5.74) is 8.46. The summed E-state index contributed by atoms with van der Waals surface area (Å²) in [7, 11) is -2.07. The van der Waals surface area contributed by atoms with E-state index in [0.717, 1.165) is 6.26 Å². The Hall–Kier alpha value is -3.36. The van der Waals surface area contributed by atoms with E-state index in [2.05, 4.69) is 5.32 Å². The van der Waals surface area contributed by atoms with Gasteiger partial charge in [-0.05, 0) is 47.0 Å². The predicted molar refractivity (Wildman–Crippen MR) is 130 cm³/mol. The van der Waals surface area contributed by atoms with Crippen LogP contribution in [0.4, 0.5) is 5.69 Å². The minimum atomic E-state index is -3.60. The highest BCUT2D eigenvalue weighted by molar-refractivity contribution is 7.92. The molecular weight excluding hydrogens is 462 g/mol. The van der Waals surface area contributed by atoms with Gasteiger partial charge in [-0.1, -0.05) is 54.1 Å². The molecular formula is C24H24ClN3O4S. The smallest absolute Gasteiger partial charge is 0.251 e. The summed E-state index contributed by atoms with van der Waals surface area (Å²) in [4.78, 5) is 24.0. The number of primary amides is 1. The van der Waals surface area contributed by atoms with Crippen molar-refractivity contribution < 1.29 is 18.0 Å². The molecule has 0 aliphatic rings. The van der Waals surface area contributed by atoms with Gasteiger partial charge in [0, 0.05) is 17.6 Å². The van der Waals surface area contributed by atoms with Crippen LogP contribution in [0.2, 0.25) is 5.02 Å². The van der Waals surface area contributed by atoms with Gasteiger partial charge in [-0.15, -0.1) is 0 Å². The van der Waals surface area contributed by atoms with Crippen molar-refractivity contribution in [3.05, 3.63) is 100 Å². The van der Waals surface area contributed by atoms with Gasteiger partial charge in [0.05, 0.1) is 24.4 Å². The minimum Gasteiger partial charge on any atom is -0.369 e. The first-order chi connectivity index (χ1) is 15.6. The molecule has 0 aliphatic heterocycles. The number of nitrogens with one attached hydrogen (secondary N) is 1. The summed E-state index contributed by atoms with van der Waals surface area (Å²) in [6.07, 6.45) is 1.12. The molecule has 0 aliphatic carbocycles. The first-order valence-corrected chi connectivity index (χ1v) is 12.3. The minimum absolute atomic E-state index is 0.0675. The van der Waals surface area contributed by atoms with E-state index in [1.165, 1.54) is 11.4 Å². The van der Waals surface area contributed by atoms with E-state index in [1.807, 2.05) is 0 Å². The molecule has 1 atom stereocenters. The number of nitrogens with two attached hydrogens (primary N) is 1. The zero-order valence-corrected chi connectivity index (χ0v) is 19.7. The quantitative estimate of drug-likeness (QED) is 0.510. The van der Waals surface area contributed by atoms with E-state index >= 15 is 0 Å². The van der Waals surface area contributed by atoms with Gasteiger partial charge in [-0.25, -0.2) is 8.42 Å². The Morgan fingerprint density at radius 2 is 1.52 bits per heavy atom. The predicted octanol–water partition coefficient (Wildman–Crippen LogP) is 3.28. The van der Waals surface area contributed by atoms with Crippen molar-refractivity contribution in [3.63, 3.8) is 0 Å². The Morgan fingerprint density at radius 1 is 0.970 bits per heavy atom. The number of benzene rings is 3. The molecule has 0 heterocycles. The normalized spacial score (nSPS) is 12.1. The van der Waals surface area contributed by atoms with E-state index in [1.54, 1.807) is 72.8 Å². The first kappa shape index (κ1) is 24.3. The maximum Gasteiger partial charge on any atom is 0.251 e. The number of carbonyl (C=O) groups excluding carboxylic acids is 2. The van der Waals surface area contributed by atoms with Crippen LogP contribution < -0.4 is 15.4 Å². The average molecular weight is 486 g/mol.